The van der Waals surface area contributed by atoms with Gasteiger partial charge in [-0.15, -0.1) is 0 Å². The van der Waals surface area contributed by atoms with Crippen molar-refractivity contribution in [3.8, 4) is 11.5 Å². The standard InChI is InChI=1S/C22H26F3N3O3/c1-26-21(27-9-8-15-6-7-18(30-2)13-19(15)29)28-10-11-31-20(14-28)16-4-3-5-17(12-16)22(23,24)25/h3-7,12-13,20,29H,8-11,14H2,1-2H3,(H,26,27). The number of rotatable bonds is 5. The van der Waals surface area contributed by atoms with Crippen molar-refractivity contribution in [2.24, 2.45) is 4.99 Å². The number of halogens is 3. The molecular weight excluding hydrogens is 411 g/mol. The fourth-order valence-electron chi connectivity index (χ4n) is 3.48. The summed E-state index contributed by atoms with van der Waals surface area (Å²) in [6, 6.07) is 10.4. The molecule has 1 aliphatic heterocycles. The van der Waals surface area contributed by atoms with Gasteiger partial charge in [-0.05, 0) is 35.7 Å². The molecule has 2 aromatic rings. The van der Waals surface area contributed by atoms with Crippen LogP contribution in [-0.4, -0.2) is 56.4 Å². The van der Waals surface area contributed by atoms with Gasteiger partial charge in [0.05, 0.1) is 25.8 Å². The number of hydrogen-bond acceptors (Lipinski definition) is 4. The van der Waals surface area contributed by atoms with Crippen LogP contribution >= 0.6 is 0 Å². The maximum absolute atomic E-state index is 13.0. The second-order valence-corrected chi connectivity index (χ2v) is 7.15. The van der Waals surface area contributed by atoms with E-state index in [2.05, 4.69) is 10.3 Å². The monoisotopic (exact) mass is 437 g/mol. The molecule has 0 radical (unpaired) electrons. The number of morpholine rings is 1. The molecule has 0 bridgehead atoms. The van der Waals surface area contributed by atoms with Crippen LogP contribution in [0.25, 0.3) is 0 Å². The molecule has 0 saturated carbocycles. The predicted molar refractivity (Wildman–Crippen MR) is 111 cm³/mol. The first-order chi connectivity index (χ1) is 14.8. The Hall–Kier alpha value is -2.94. The fourth-order valence-corrected chi connectivity index (χ4v) is 3.48. The number of benzene rings is 2. The number of aromatic hydroxyl groups is 1. The van der Waals surface area contributed by atoms with Crippen molar-refractivity contribution in [2.45, 2.75) is 18.7 Å². The summed E-state index contributed by atoms with van der Waals surface area (Å²) in [7, 11) is 3.19. The Labute approximate surface area is 179 Å². The van der Waals surface area contributed by atoms with Gasteiger partial charge in [-0.2, -0.15) is 13.2 Å². The number of ether oxygens (including phenoxy) is 2. The molecule has 1 heterocycles. The Bertz CT molecular complexity index is 918. The third-order valence-electron chi connectivity index (χ3n) is 5.13. The predicted octanol–water partition coefficient (Wildman–Crippen LogP) is 3.61. The SMILES string of the molecule is CN=C(NCCc1ccc(OC)cc1O)N1CCOC(c2cccc(C(F)(F)F)c2)C1. The van der Waals surface area contributed by atoms with E-state index in [1.807, 2.05) is 4.90 Å². The highest BCUT2D eigenvalue weighted by Crippen LogP contribution is 2.32. The van der Waals surface area contributed by atoms with Gasteiger partial charge in [0, 0.05) is 26.2 Å². The molecule has 6 nitrogen and oxygen atoms in total. The normalized spacial score (nSPS) is 17.5. The minimum absolute atomic E-state index is 0.159. The van der Waals surface area contributed by atoms with E-state index in [9.17, 15) is 18.3 Å². The summed E-state index contributed by atoms with van der Waals surface area (Å²) in [5.74, 6) is 1.37. The zero-order valence-electron chi connectivity index (χ0n) is 17.4. The molecule has 1 atom stereocenters. The highest BCUT2D eigenvalue weighted by Gasteiger charge is 2.32. The Morgan fingerprint density at radius 2 is 2.10 bits per heavy atom. The molecule has 3 rings (SSSR count). The van der Waals surface area contributed by atoms with Gasteiger partial charge >= 0.3 is 6.18 Å². The number of phenolic OH excluding ortho intramolecular Hbond substituents is 1. The van der Waals surface area contributed by atoms with Crippen LogP contribution in [0.4, 0.5) is 13.2 Å². The Balaban J connectivity index is 1.61. The number of aliphatic imine (C=N–C) groups is 1. The lowest BCUT2D eigenvalue weighted by Crippen LogP contribution is -2.48. The van der Waals surface area contributed by atoms with E-state index in [1.165, 1.54) is 13.2 Å². The van der Waals surface area contributed by atoms with E-state index in [1.54, 1.807) is 31.3 Å². The van der Waals surface area contributed by atoms with Crippen LogP contribution in [-0.2, 0) is 17.3 Å². The lowest BCUT2D eigenvalue weighted by atomic mass is 10.0. The summed E-state index contributed by atoms with van der Waals surface area (Å²) in [5.41, 5.74) is 0.568. The fraction of sp³-hybridized carbons (Fsp3) is 0.409. The molecule has 2 N–H and O–H groups in total. The summed E-state index contributed by atoms with van der Waals surface area (Å²) in [6.07, 6.45) is -4.31. The second-order valence-electron chi connectivity index (χ2n) is 7.15. The largest absolute Gasteiger partial charge is 0.508 e. The first-order valence-corrected chi connectivity index (χ1v) is 9.92. The first kappa shape index (κ1) is 22.7. The van der Waals surface area contributed by atoms with Gasteiger partial charge < -0.3 is 24.8 Å². The average molecular weight is 437 g/mol. The highest BCUT2D eigenvalue weighted by atomic mass is 19.4. The topological polar surface area (TPSA) is 66.3 Å². The zero-order valence-corrected chi connectivity index (χ0v) is 17.4. The molecule has 0 amide bonds. The number of guanidine groups is 1. The van der Waals surface area contributed by atoms with E-state index in [0.717, 1.165) is 17.7 Å². The van der Waals surface area contributed by atoms with Crippen LogP contribution in [0.3, 0.4) is 0 Å². The van der Waals surface area contributed by atoms with E-state index in [-0.39, 0.29) is 5.75 Å². The summed E-state index contributed by atoms with van der Waals surface area (Å²) < 4.78 is 49.9. The number of phenols is 1. The molecule has 0 aliphatic carbocycles. The van der Waals surface area contributed by atoms with Crippen LogP contribution in [0, 0.1) is 0 Å². The number of alkyl halides is 3. The van der Waals surface area contributed by atoms with Gasteiger partial charge in [-0.25, -0.2) is 0 Å². The van der Waals surface area contributed by atoms with Gasteiger partial charge in [0.15, 0.2) is 5.96 Å². The van der Waals surface area contributed by atoms with Crippen molar-refractivity contribution >= 4 is 5.96 Å². The van der Waals surface area contributed by atoms with Crippen molar-refractivity contribution in [1.82, 2.24) is 10.2 Å². The van der Waals surface area contributed by atoms with Crippen LogP contribution in [0.15, 0.2) is 47.5 Å². The number of nitrogens with zero attached hydrogens (tertiary/aromatic N) is 2. The van der Waals surface area contributed by atoms with Crippen molar-refractivity contribution in [2.75, 3.05) is 40.4 Å². The molecule has 9 heteroatoms. The van der Waals surface area contributed by atoms with Crippen LogP contribution in [0.2, 0.25) is 0 Å². The number of hydrogen-bond donors (Lipinski definition) is 2. The van der Waals surface area contributed by atoms with Gasteiger partial charge in [0.1, 0.15) is 17.6 Å². The third-order valence-corrected chi connectivity index (χ3v) is 5.13. The van der Waals surface area contributed by atoms with Crippen molar-refractivity contribution in [1.29, 1.82) is 0 Å². The molecule has 168 valence electrons. The molecule has 31 heavy (non-hydrogen) atoms. The number of nitrogens with one attached hydrogen (secondary N) is 1. The smallest absolute Gasteiger partial charge is 0.416 e. The minimum Gasteiger partial charge on any atom is -0.508 e. The lowest BCUT2D eigenvalue weighted by molar-refractivity contribution is -0.137. The Kier molecular flexibility index (Phi) is 7.27. The van der Waals surface area contributed by atoms with Crippen molar-refractivity contribution in [3.05, 3.63) is 59.2 Å². The Morgan fingerprint density at radius 3 is 2.77 bits per heavy atom. The van der Waals surface area contributed by atoms with E-state index in [4.69, 9.17) is 9.47 Å². The van der Waals surface area contributed by atoms with Gasteiger partial charge in [-0.3, -0.25) is 4.99 Å². The summed E-state index contributed by atoms with van der Waals surface area (Å²) in [5, 5.41) is 13.3. The van der Waals surface area contributed by atoms with Crippen molar-refractivity contribution < 1.29 is 27.8 Å². The van der Waals surface area contributed by atoms with Gasteiger partial charge in [-0.1, -0.05) is 18.2 Å². The molecule has 1 unspecified atom stereocenters. The van der Waals surface area contributed by atoms with Crippen LogP contribution in [0.1, 0.15) is 22.8 Å². The molecular formula is C22H26F3N3O3. The molecule has 1 saturated heterocycles. The summed E-state index contributed by atoms with van der Waals surface area (Å²) in [4.78, 5) is 6.25. The highest BCUT2D eigenvalue weighted by molar-refractivity contribution is 5.80. The summed E-state index contributed by atoms with van der Waals surface area (Å²) in [6.45, 7) is 1.86. The van der Waals surface area contributed by atoms with E-state index >= 15 is 0 Å². The average Bonchev–Trinajstić information content (AvgIpc) is 2.77. The third kappa shape index (κ3) is 5.81. The minimum atomic E-state index is -4.39. The molecule has 0 aromatic heterocycles. The lowest BCUT2D eigenvalue weighted by Gasteiger charge is -2.35. The number of methoxy groups -OCH3 is 1. The van der Waals surface area contributed by atoms with E-state index < -0.39 is 17.8 Å². The molecule has 1 aliphatic rings. The van der Waals surface area contributed by atoms with E-state index in [0.29, 0.717) is 49.9 Å². The van der Waals surface area contributed by atoms with Crippen LogP contribution < -0.4 is 10.1 Å². The first-order valence-electron chi connectivity index (χ1n) is 9.92. The maximum Gasteiger partial charge on any atom is 0.416 e. The molecule has 0 spiro atoms. The summed E-state index contributed by atoms with van der Waals surface area (Å²) >= 11 is 0. The zero-order chi connectivity index (χ0) is 22.4. The van der Waals surface area contributed by atoms with Crippen LogP contribution in [0.5, 0.6) is 11.5 Å². The van der Waals surface area contributed by atoms with Gasteiger partial charge in [0.2, 0.25) is 0 Å². The Morgan fingerprint density at radius 1 is 1.29 bits per heavy atom. The van der Waals surface area contributed by atoms with Gasteiger partial charge in [0.25, 0.3) is 0 Å². The molecule has 1 fully saturated rings. The van der Waals surface area contributed by atoms with Crippen molar-refractivity contribution in [3.63, 3.8) is 0 Å². The second kappa shape index (κ2) is 9.91. The maximum atomic E-state index is 13.0. The molecule has 2 aromatic carbocycles. The quantitative estimate of drug-likeness (QED) is 0.553.